The summed E-state index contributed by atoms with van der Waals surface area (Å²) in [7, 11) is 3.87. The van der Waals surface area contributed by atoms with E-state index >= 15 is 0 Å². The van der Waals surface area contributed by atoms with Crippen LogP contribution in [0.3, 0.4) is 0 Å². The third-order valence-electron chi connectivity index (χ3n) is 2.25. The molecule has 2 nitrogen and oxygen atoms in total. The van der Waals surface area contributed by atoms with Crippen LogP contribution in [-0.4, -0.2) is 37.7 Å². The molecule has 62 valence electrons. The zero-order chi connectivity index (χ0) is 8.15. The minimum Gasteiger partial charge on any atom is -0.380 e. The molecule has 0 heterocycles. The van der Waals surface area contributed by atoms with Crippen molar-refractivity contribution in [1.29, 1.82) is 0 Å². The van der Waals surface area contributed by atoms with Gasteiger partial charge in [0, 0.05) is 13.2 Å². The number of ether oxygens (including phenoxy) is 1. The third-order valence-corrected chi connectivity index (χ3v) is 2.25. The highest BCUT2D eigenvalue weighted by atomic mass is 16.5. The van der Waals surface area contributed by atoms with E-state index in [0.717, 1.165) is 6.54 Å². The molecule has 0 saturated heterocycles. The predicted molar refractivity (Wildman–Crippen MR) is 44.2 cm³/mol. The van der Waals surface area contributed by atoms with Gasteiger partial charge in [0.25, 0.3) is 0 Å². The zero-order valence-corrected chi connectivity index (χ0v) is 7.72. The summed E-state index contributed by atoms with van der Waals surface area (Å²) >= 11 is 0. The topological polar surface area (TPSA) is 12.5 Å². The van der Waals surface area contributed by atoms with Gasteiger partial charge in [-0.3, -0.25) is 0 Å². The summed E-state index contributed by atoms with van der Waals surface area (Å²) in [6.45, 7) is 7.50. The molecule has 0 aliphatic rings. The van der Waals surface area contributed by atoms with Crippen molar-refractivity contribution >= 4 is 0 Å². The molecular weight excluding hydrogens is 126 g/mol. The first-order valence-corrected chi connectivity index (χ1v) is 3.86. The standard InChI is InChI=1S/C8H19NO/c1-6-9(4)7(2)8(3)10-5/h7-8H,6H2,1-5H3. The fourth-order valence-electron chi connectivity index (χ4n) is 0.843. The van der Waals surface area contributed by atoms with Gasteiger partial charge in [-0.15, -0.1) is 0 Å². The molecule has 0 radical (unpaired) electrons. The minimum absolute atomic E-state index is 0.324. The highest BCUT2D eigenvalue weighted by Crippen LogP contribution is 2.03. The fraction of sp³-hybridized carbons (Fsp3) is 1.00. The quantitative estimate of drug-likeness (QED) is 0.592. The lowest BCUT2D eigenvalue weighted by molar-refractivity contribution is 0.0460. The average molecular weight is 145 g/mol. The molecule has 2 heteroatoms. The van der Waals surface area contributed by atoms with E-state index in [1.165, 1.54) is 0 Å². The molecule has 0 aromatic heterocycles. The van der Waals surface area contributed by atoms with Gasteiger partial charge in [0.2, 0.25) is 0 Å². The van der Waals surface area contributed by atoms with Crippen molar-refractivity contribution in [2.45, 2.75) is 32.9 Å². The maximum absolute atomic E-state index is 5.19. The van der Waals surface area contributed by atoms with E-state index < -0.39 is 0 Å². The van der Waals surface area contributed by atoms with E-state index in [9.17, 15) is 0 Å². The first-order chi connectivity index (χ1) is 4.63. The Kier molecular flexibility index (Phi) is 4.65. The molecule has 0 fully saturated rings. The van der Waals surface area contributed by atoms with Crippen molar-refractivity contribution in [3.05, 3.63) is 0 Å². The van der Waals surface area contributed by atoms with Crippen molar-refractivity contribution in [3.8, 4) is 0 Å². The zero-order valence-electron chi connectivity index (χ0n) is 7.72. The Morgan fingerprint density at radius 2 is 1.90 bits per heavy atom. The van der Waals surface area contributed by atoms with Crippen LogP contribution in [0.25, 0.3) is 0 Å². The van der Waals surface area contributed by atoms with Crippen molar-refractivity contribution in [2.75, 3.05) is 20.7 Å². The molecule has 0 amide bonds. The summed E-state index contributed by atoms with van der Waals surface area (Å²) in [6, 6.07) is 0.509. The first-order valence-electron chi connectivity index (χ1n) is 3.86. The Bertz CT molecular complexity index is 75.3. The second-order valence-corrected chi connectivity index (χ2v) is 2.75. The van der Waals surface area contributed by atoms with Gasteiger partial charge in [0.05, 0.1) is 6.10 Å². The van der Waals surface area contributed by atoms with E-state index in [2.05, 4.69) is 32.7 Å². The molecule has 0 N–H and O–H groups in total. The minimum atomic E-state index is 0.324. The molecule has 2 atom stereocenters. The summed E-state index contributed by atoms with van der Waals surface area (Å²) < 4.78 is 5.19. The summed E-state index contributed by atoms with van der Waals surface area (Å²) in [5, 5.41) is 0. The van der Waals surface area contributed by atoms with Crippen LogP contribution in [0.2, 0.25) is 0 Å². The van der Waals surface area contributed by atoms with Crippen LogP contribution in [0.5, 0.6) is 0 Å². The van der Waals surface area contributed by atoms with Crippen molar-refractivity contribution < 1.29 is 4.74 Å². The highest BCUT2D eigenvalue weighted by molar-refractivity contribution is 4.68. The third kappa shape index (κ3) is 2.67. The van der Waals surface area contributed by atoms with Crippen LogP contribution >= 0.6 is 0 Å². The van der Waals surface area contributed by atoms with Gasteiger partial charge in [-0.05, 0) is 27.4 Å². The second kappa shape index (κ2) is 4.69. The number of hydrogen-bond donors (Lipinski definition) is 0. The summed E-state index contributed by atoms with van der Waals surface area (Å²) in [6.07, 6.45) is 0.324. The van der Waals surface area contributed by atoms with Gasteiger partial charge < -0.3 is 9.64 Å². The molecule has 2 unspecified atom stereocenters. The Labute approximate surface area is 64.2 Å². The Morgan fingerprint density at radius 3 is 2.20 bits per heavy atom. The molecule has 0 rings (SSSR count). The van der Waals surface area contributed by atoms with Gasteiger partial charge in [-0.2, -0.15) is 0 Å². The van der Waals surface area contributed by atoms with Crippen LogP contribution < -0.4 is 0 Å². The molecular formula is C8H19NO. The van der Waals surface area contributed by atoms with E-state index in [0.29, 0.717) is 12.1 Å². The van der Waals surface area contributed by atoms with E-state index in [4.69, 9.17) is 4.74 Å². The summed E-state index contributed by atoms with van der Waals surface area (Å²) in [4.78, 5) is 2.27. The number of methoxy groups -OCH3 is 1. The Hall–Kier alpha value is -0.0800. The number of likely N-dealkylation sites (N-methyl/N-ethyl adjacent to an activating group) is 1. The molecule has 0 saturated carbocycles. The lowest BCUT2D eigenvalue weighted by Crippen LogP contribution is -2.38. The smallest absolute Gasteiger partial charge is 0.0695 e. The molecule has 10 heavy (non-hydrogen) atoms. The molecule has 0 bridgehead atoms. The van der Waals surface area contributed by atoms with Crippen LogP contribution in [0.4, 0.5) is 0 Å². The first kappa shape index (κ1) is 9.92. The van der Waals surface area contributed by atoms with Crippen molar-refractivity contribution in [2.24, 2.45) is 0 Å². The van der Waals surface area contributed by atoms with Gasteiger partial charge >= 0.3 is 0 Å². The molecule has 0 spiro atoms. The monoisotopic (exact) mass is 145 g/mol. The van der Waals surface area contributed by atoms with Crippen molar-refractivity contribution in [1.82, 2.24) is 4.90 Å². The average Bonchev–Trinajstić information content (AvgIpc) is 2.00. The van der Waals surface area contributed by atoms with Crippen LogP contribution in [0.1, 0.15) is 20.8 Å². The fourth-order valence-corrected chi connectivity index (χ4v) is 0.843. The highest BCUT2D eigenvalue weighted by Gasteiger charge is 2.13. The number of rotatable bonds is 4. The van der Waals surface area contributed by atoms with Crippen LogP contribution in [0.15, 0.2) is 0 Å². The maximum atomic E-state index is 5.19. The molecule has 0 aliphatic heterocycles. The van der Waals surface area contributed by atoms with Crippen LogP contribution in [0, 0.1) is 0 Å². The largest absolute Gasteiger partial charge is 0.380 e. The van der Waals surface area contributed by atoms with Crippen LogP contribution in [-0.2, 0) is 4.74 Å². The number of hydrogen-bond acceptors (Lipinski definition) is 2. The lowest BCUT2D eigenvalue weighted by atomic mass is 10.2. The van der Waals surface area contributed by atoms with Gasteiger partial charge in [0.15, 0.2) is 0 Å². The Morgan fingerprint density at radius 1 is 1.40 bits per heavy atom. The molecule has 0 aliphatic carbocycles. The SMILES string of the molecule is CCN(C)C(C)C(C)OC. The van der Waals surface area contributed by atoms with Gasteiger partial charge in [-0.1, -0.05) is 6.92 Å². The molecule has 0 aromatic carbocycles. The van der Waals surface area contributed by atoms with E-state index in [1.54, 1.807) is 7.11 Å². The second-order valence-electron chi connectivity index (χ2n) is 2.75. The van der Waals surface area contributed by atoms with Crippen molar-refractivity contribution in [3.63, 3.8) is 0 Å². The summed E-state index contributed by atoms with van der Waals surface area (Å²) in [5.41, 5.74) is 0. The Balaban J connectivity index is 3.69. The lowest BCUT2D eigenvalue weighted by Gasteiger charge is -2.27. The van der Waals surface area contributed by atoms with E-state index in [1.807, 2.05) is 0 Å². The molecule has 0 aromatic rings. The van der Waals surface area contributed by atoms with Gasteiger partial charge in [0.1, 0.15) is 0 Å². The number of nitrogens with zero attached hydrogens (tertiary/aromatic N) is 1. The van der Waals surface area contributed by atoms with E-state index in [-0.39, 0.29) is 0 Å². The summed E-state index contributed by atoms with van der Waals surface area (Å²) in [5.74, 6) is 0. The normalized spacial score (nSPS) is 17.4. The predicted octanol–water partition coefficient (Wildman–Crippen LogP) is 1.36. The van der Waals surface area contributed by atoms with Gasteiger partial charge in [-0.25, -0.2) is 0 Å². The maximum Gasteiger partial charge on any atom is 0.0695 e.